The van der Waals surface area contributed by atoms with Crippen molar-refractivity contribution in [3.8, 4) is 0 Å². The van der Waals surface area contributed by atoms with Gasteiger partial charge in [0.15, 0.2) is 0 Å². The third kappa shape index (κ3) is 5.12. The van der Waals surface area contributed by atoms with Crippen molar-refractivity contribution in [1.82, 2.24) is 20.2 Å². The molecule has 2 atom stereocenters. The number of hydrogen-bond donors (Lipinski definition) is 1. The summed E-state index contributed by atoms with van der Waals surface area (Å²) in [4.78, 5) is 38.8. The maximum atomic E-state index is 13.1. The number of nitrogens with one attached hydrogen (secondary N) is 1. The Morgan fingerprint density at radius 1 is 0.971 bits per heavy atom. The van der Waals surface area contributed by atoms with Gasteiger partial charge in [0.25, 0.3) is 5.91 Å². The Labute approximate surface area is 218 Å². The minimum atomic E-state index is -0.225. The van der Waals surface area contributed by atoms with E-state index in [0.717, 1.165) is 30.5 Å². The molecule has 1 unspecified atom stereocenters. The Morgan fingerprint density at radius 3 is 2.26 bits per heavy atom. The van der Waals surface area contributed by atoms with Crippen LogP contribution in [-0.4, -0.2) is 59.4 Å². The van der Waals surface area contributed by atoms with Gasteiger partial charge in [-0.2, -0.15) is 0 Å². The van der Waals surface area contributed by atoms with Gasteiger partial charge in [0.2, 0.25) is 5.91 Å². The second-order valence-electron chi connectivity index (χ2n) is 10.2. The lowest BCUT2D eigenvalue weighted by molar-refractivity contribution is -0.120. The van der Waals surface area contributed by atoms with E-state index in [0.29, 0.717) is 31.1 Å². The molecule has 0 bridgehead atoms. The topological polar surface area (TPSA) is 78.4 Å². The minimum Gasteiger partial charge on any atom is -0.355 e. The smallest absolute Gasteiger partial charge is 0.255 e. The van der Waals surface area contributed by atoms with Crippen molar-refractivity contribution >= 4 is 42.4 Å². The highest BCUT2D eigenvalue weighted by Gasteiger charge is 2.35. The van der Waals surface area contributed by atoms with E-state index in [1.54, 1.807) is 6.20 Å². The number of halogens is 2. The summed E-state index contributed by atoms with van der Waals surface area (Å²) in [6.07, 6.45) is 8.85. The first kappa shape index (κ1) is 25.7. The quantitative estimate of drug-likeness (QED) is 0.650. The molecule has 7 nitrogen and oxygen atoms in total. The highest BCUT2D eigenvalue weighted by molar-refractivity contribution is 5.94. The van der Waals surface area contributed by atoms with Crippen LogP contribution in [-0.2, 0) is 4.79 Å². The first-order chi connectivity index (χ1) is 16.1. The number of aromatic nitrogens is 2. The monoisotopic (exact) mass is 517 g/mol. The fourth-order valence-corrected chi connectivity index (χ4v) is 5.28. The van der Waals surface area contributed by atoms with E-state index in [9.17, 15) is 9.59 Å². The van der Waals surface area contributed by atoms with Gasteiger partial charge in [-0.3, -0.25) is 14.6 Å². The summed E-state index contributed by atoms with van der Waals surface area (Å²) in [5.41, 5.74) is 4.16. The van der Waals surface area contributed by atoms with Crippen molar-refractivity contribution in [3.05, 3.63) is 53.0 Å². The zero-order chi connectivity index (χ0) is 22.5. The number of hydrogen-bond acceptors (Lipinski definition) is 5. The van der Waals surface area contributed by atoms with Gasteiger partial charge in [-0.15, -0.1) is 24.8 Å². The van der Waals surface area contributed by atoms with Gasteiger partial charge in [-0.25, -0.2) is 4.98 Å². The lowest BCUT2D eigenvalue weighted by atomic mass is 9.93. The first-order valence-corrected chi connectivity index (χ1v) is 12.4. The van der Waals surface area contributed by atoms with Crippen LogP contribution < -0.4 is 10.2 Å². The number of nitrogens with zero attached hydrogens (tertiary/aromatic N) is 4. The van der Waals surface area contributed by atoms with Gasteiger partial charge in [-0.1, -0.05) is 13.0 Å². The van der Waals surface area contributed by atoms with E-state index in [-0.39, 0.29) is 48.5 Å². The molecule has 2 saturated heterocycles. The lowest BCUT2D eigenvalue weighted by Gasteiger charge is -2.36. The average Bonchev–Trinajstić information content (AvgIpc) is 3.77. The van der Waals surface area contributed by atoms with Crippen molar-refractivity contribution < 1.29 is 9.59 Å². The van der Waals surface area contributed by atoms with Gasteiger partial charge >= 0.3 is 0 Å². The summed E-state index contributed by atoms with van der Waals surface area (Å²) in [6.45, 7) is 5.68. The van der Waals surface area contributed by atoms with Crippen LogP contribution in [0, 0.1) is 5.92 Å². The number of rotatable bonds is 5. The molecule has 188 valence electrons. The second kappa shape index (κ2) is 10.3. The number of pyridine rings is 2. The molecular weight excluding hydrogens is 485 g/mol. The number of amides is 2. The lowest BCUT2D eigenvalue weighted by Crippen LogP contribution is -2.49. The Kier molecular flexibility index (Phi) is 7.57. The third-order valence-electron chi connectivity index (χ3n) is 7.65. The molecule has 4 aliphatic rings. The molecule has 9 heteroatoms. The van der Waals surface area contributed by atoms with E-state index in [4.69, 9.17) is 4.98 Å². The van der Waals surface area contributed by atoms with Gasteiger partial charge in [-0.05, 0) is 66.7 Å². The third-order valence-corrected chi connectivity index (χ3v) is 7.65. The molecular formula is C26H33Cl2N5O2. The number of carbonyl (C=O) groups excluding carboxylic acids is 2. The SMILES string of the molecule is CC1CNC(=O)[C@H]1c1ccc(C(=O)N2CCN(c3ncc(C4CC4)cc3C3CC3)CC2)cn1.Cl.Cl. The van der Waals surface area contributed by atoms with Crippen LogP contribution >= 0.6 is 24.8 Å². The van der Waals surface area contributed by atoms with Crippen molar-refractivity contribution in [2.75, 3.05) is 37.6 Å². The van der Waals surface area contributed by atoms with Crippen molar-refractivity contribution in [2.24, 2.45) is 5.92 Å². The zero-order valence-corrected chi connectivity index (χ0v) is 21.6. The van der Waals surface area contributed by atoms with Crippen LogP contribution in [0.2, 0.25) is 0 Å². The molecule has 2 aliphatic heterocycles. The molecule has 0 radical (unpaired) electrons. The Balaban J connectivity index is 0.00000144. The molecule has 2 amide bonds. The molecule has 1 N–H and O–H groups in total. The van der Waals surface area contributed by atoms with Gasteiger partial charge in [0.05, 0.1) is 17.2 Å². The van der Waals surface area contributed by atoms with Crippen LogP contribution in [0.25, 0.3) is 0 Å². The Hall–Kier alpha value is -2.38. The van der Waals surface area contributed by atoms with E-state index >= 15 is 0 Å². The summed E-state index contributed by atoms with van der Waals surface area (Å²) in [5, 5.41) is 2.89. The molecule has 0 aromatic carbocycles. The molecule has 4 heterocycles. The normalized spacial score (nSPS) is 23.9. The Morgan fingerprint density at radius 2 is 1.69 bits per heavy atom. The maximum Gasteiger partial charge on any atom is 0.255 e. The summed E-state index contributed by atoms with van der Waals surface area (Å²) in [7, 11) is 0. The van der Waals surface area contributed by atoms with Crippen LogP contribution in [0.5, 0.6) is 0 Å². The number of piperazine rings is 1. The van der Waals surface area contributed by atoms with Crippen molar-refractivity contribution in [1.29, 1.82) is 0 Å². The average molecular weight is 518 g/mol. The summed E-state index contributed by atoms with van der Waals surface area (Å²) in [6, 6.07) is 6.06. The highest BCUT2D eigenvalue weighted by atomic mass is 35.5. The van der Waals surface area contributed by atoms with Crippen molar-refractivity contribution in [2.45, 2.75) is 50.4 Å². The van der Waals surface area contributed by atoms with E-state index in [1.807, 2.05) is 24.0 Å². The van der Waals surface area contributed by atoms with E-state index in [2.05, 4.69) is 27.5 Å². The van der Waals surface area contributed by atoms with E-state index in [1.165, 1.54) is 36.8 Å². The molecule has 4 fully saturated rings. The Bertz CT molecular complexity index is 1080. The van der Waals surface area contributed by atoms with Crippen LogP contribution in [0.15, 0.2) is 30.6 Å². The molecule has 6 rings (SSSR count). The number of anilines is 1. The van der Waals surface area contributed by atoms with Gasteiger partial charge in [0, 0.05) is 45.1 Å². The van der Waals surface area contributed by atoms with Gasteiger partial charge in [0.1, 0.15) is 5.82 Å². The van der Waals surface area contributed by atoms with Gasteiger partial charge < -0.3 is 15.1 Å². The van der Waals surface area contributed by atoms with Crippen LogP contribution in [0.3, 0.4) is 0 Å². The predicted octanol–water partition coefficient (Wildman–Crippen LogP) is 3.89. The number of carbonyl (C=O) groups is 2. The molecule has 0 spiro atoms. The van der Waals surface area contributed by atoms with Crippen molar-refractivity contribution in [3.63, 3.8) is 0 Å². The molecule has 35 heavy (non-hydrogen) atoms. The summed E-state index contributed by atoms with van der Waals surface area (Å²) < 4.78 is 0. The highest BCUT2D eigenvalue weighted by Crippen LogP contribution is 2.47. The predicted molar refractivity (Wildman–Crippen MR) is 140 cm³/mol. The fourth-order valence-electron chi connectivity index (χ4n) is 5.28. The molecule has 2 aliphatic carbocycles. The molecule has 2 aromatic rings. The second-order valence-corrected chi connectivity index (χ2v) is 10.2. The van der Waals surface area contributed by atoms with E-state index < -0.39 is 0 Å². The maximum absolute atomic E-state index is 13.1. The minimum absolute atomic E-state index is 0. The fraction of sp³-hybridized carbons (Fsp3) is 0.538. The van der Waals surface area contributed by atoms with Crippen LogP contribution in [0.1, 0.15) is 77.5 Å². The summed E-state index contributed by atoms with van der Waals surface area (Å²) >= 11 is 0. The van der Waals surface area contributed by atoms with Crippen LogP contribution in [0.4, 0.5) is 5.82 Å². The molecule has 2 saturated carbocycles. The largest absolute Gasteiger partial charge is 0.355 e. The zero-order valence-electron chi connectivity index (χ0n) is 20.0. The summed E-state index contributed by atoms with van der Waals surface area (Å²) in [5.74, 6) is 2.55. The standard InChI is InChI=1S/C26H31N5O2.2ClH/c1-16-13-29-25(32)23(16)22-7-6-19(14-27-22)26(33)31-10-8-30(9-11-31)24-21(18-4-5-18)12-20(15-28-24)17-2-3-17;;/h6-7,12,14-18,23H,2-5,8-11,13H2,1H3,(H,29,32);2*1H/t16?,23-;;/m1../s1. The molecule has 2 aromatic heterocycles. The first-order valence-electron chi connectivity index (χ1n) is 12.4.